The molecule has 0 aromatic rings. The van der Waals surface area contributed by atoms with Crippen molar-refractivity contribution < 1.29 is 0 Å². The summed E-state index contributed by atoms with van der Waals surface area (Å²) in [6.07, 6.45) is 0. The lowest BCUT2D eigenvalue weighted by Crippen LogP contribution is -2.49. The Balaban J connectivity index is 5.57. The first-order valence-corrected chi connectivity index (χ1v) is 20.3. The van der Waals surface area contributed by atoms with Crippen molar-refractivity contribution in [3.05, 3.63) is 0 Å². The van der Waals surface area contributed by atoms with Gasteiger partial charge in [0.2, 0.25) is 0 Å². The molecule has 0 radical (unpaired) electrons. The highest BCUT2D eigenvalue weighted by Gasteiger charge is 2.51. The molecule has 0 saturated heterocycles. The average Bonchev–Trinajstić information content (AvgIpc) is 1.72. The maximum atomic E-state index is 2.68. The first kappa shape index (κ1) is 17.1. The molecule has 0 N–H and O–H groups in total. The van der Waals surface area contributed by atoms with Crippen LogP contribution in [0.25, 0.3) is 0 Å². The van der Waals surface area contributed by atoms with E-state index in [1.54, 1.807) is 0 Å². The third kappa shape index (κ3) is 3.79. The topological polar surface area (TPSA) is 0 Å². The molecule has 0 bridgehead atoms. The molecule has 0 aromatic heterocycles. The molecule has 0 atom stereocenters. The number of hydrogen-bond donors (Lipinski definition) is 0. The van der Waals surface area contributed by atoms with E-state index < -0.39 is 23.2 Å². The maximum absolute atomic E-state index is 2.68. The van der Waals surface area contributed by atoms with E-state index in [0.717, 1.165) is 0 Å². The summed E-state index contributed by atoms with van der Waals surface area (Å²) in [7, 11) is -3.07. The summed E-state index contributed by atoms with van der Waals surface area (Å²) in [5.74, 6) is 0. The highest BCUT2D eigenvalue weighted by Crippen LogP contribution is 2.67. The van der Waals surface area contributed by atoms with Gasteiger partial charge in [0.1, 0.15) is 0 Å². The van der Waals surface area contributed by atoms with Crippen LogP contribution in [0.3, 0.4) is 0 Å². The Morgan fingerprint density at radius 2 is 0.875 bits per heavy atom. The molecule has 0 aliphatic rings. The molecule has 0 heterocycles. The van der Waals surface area contributed by atoms with Gasteiger partial charge in [0, 0.05) is 0 Å². The van der Waals surface area contributed by atoms with Crippen LogP contribution in [0.5, 0.6) is 0 Å². The second-order valence-corrected chi connectivity index (χ2v) is 41.9. The fourth-order valence-corrected chi connectivity index (χ4v) is 81.5. The van der Waals surface area contributed by atoms with Crippen molar-refractivity contribution >= 4 is 29.8 Å². The molecule has 0 spiro atoms. The second kappa shape index (κ2) is 4.64. The quantitative estimate of drug-likeness (QED) is 0.433. The zero-order valence-electron chi connectivity index (χ0n) is 13.4. The summed E-state index contributed by atoms with van der Waals surface area (Å²) < 4.78 is 0. The third-order valence-corrected chi connectivity index (χ3v) is 58.8. The lowest BCUT2D eigenvalue weighted by Gasteiger charge is -2.54. The Morgan fingerprint density at radius 1 is 0.625 bits per heavy atom. The van der Waals surface area contributed by atoms with Gasteiger partial charge < -0.3 is 0 Å². The molecular weight excluding hydrogens is 259 g/mol. The van der Waals surface area contributed by atoms with E-state index in [1.807, 2.05) is 0 Å². The van der Waals surface area contributed by atoms with Gasteiger partial charge in [-0.15, -0.1) is 6.57 Å². The van der Waals surface area contributed by atoms with Crippen molar-refractivity contribution in [2.45, 2.75) is 78.2 Å². The summed E-state index contributed by atoms with van der Waals surface area (Å²) in [5, 5.41) is 0.569. The highest BCUT2D eigenvalue weighted by molar-refractivity contribution is 8.37. The van der Waals surface area contributed by atoms with Crippen LogP contribution in [-0.2, 0) is 0 Å². The smallest absolute Gasteiger partial charge is 0.0724 e. The Bertz CT molecular complexity index is 226. The molecule has 98 valence electrons. The molecule has 0 aliphatic carbocycles. The molecule has 0 aromatic carbocycles. The van der Waals surface area contributed by atoms with Gasteiger partial charge in [0.25, 0.3) is 0 Å². The van der Waals surface area contributed by atoms with Gasteiger partial charge in [0.05, 0.1) is 23.2 Å². The molecule has 0 nitrogen and oxygen atoms in total. The highest BCUT2D eigenvalue weighted by atomic mass is 31.8. The molecule has 4 heteroatoms. The third-order valence-electron chi connectivity index (χ3n) is 3.74. The van der Waals surface area contributed by atoms with E-state index in [9.17, 15) is 0 Å². The van der Waals surface area contributed by atoms with Gasteiger partial charge in [-0.3, -0.25) is 0 Å². The first-order valence-electron chi connectivity index (χ1n) is 6.42. The molecule has 0 saturated carbocycles. The molecule has 0 fully saturated rings. The van der Waals surface area contributed by atoms with Crippen molar-refractivity contribution in [2.75, 3.05) is 0 Å². The average molecular weight is 293 g/mol. The van der Waals surface area contributed by atoms with Crippen molar-refractivity contribution in [3.63, 3.8) is 0 Å². The van der Waals surface area contributed by atoms with Gasteiger partial charge >= 0.3 is 0 Å². The predicted molar refractivity (Wildman–Crippen MR) is 90.8 cm³/mol. The van der Waals surface area contributed by atoms with E-state index in [0.29, 0.717) is 11.6 Å². The summed E-state index contributed by atoms with van der Waals surface area (Å²) in [5.41, 5.74) is 0. The molecule has 0 rings (SSSR count). The zero-order valence-corrected chi connectivity index (χ0v) is 17.3. The monoisotopic (exact) mass is 292 g/mol. The minimum absolute atomic E-state index is 0.343. The first-order chi connectivity index (χ1) is 6.62. The SMILES string of the molecule is CC(C)(C)[Si](C)(C)P([Si](C)(C)C)[Si](C)(C)C. The molecule has 0 aliphatic heterocycles. The van der Waals surface area contributed by atoms with Crippen LogP contribution in [0.2, 0.25) is 57.4 Å². The zero-order chi connectivity index (χ0) is 13.6. The molecule has 16 heavy (non-hydrogen) atoms. The van der Waals surface area contributed by atoms with Crippen LogP contribution < -0.4 is 0 Å². The molecular formula is C12H33PSi3. The minimum atomic E-state index is -1.12. The van der Waals surface area contributed by atoms with Crippen LogP contribution in [0.1, 0.15) is 20.8 Å². The lowest BCUT2D eigenvalue weighted by molar-refractivity contribution is 0.736. The molecule has 0 amide bonds. The van der Waals surface area contributed by atoms with Gasteiger partial charge in [-0.2, -0.15) is 0 Å². The fourth-order valence-electron chi connectivity index (χ4n) is 3.02. The Labute approximate surface area is 108 Å². The fraction of sp³-hybridized carbons (Fsp3) is 1.00. The van der Waals surface area contributed by atoms with Gasteiger partial charge in [-0.1, -0.05) is 73.1 Å². The van der Waals surface area contributed by atoms with Gasteiger partial charge in [-0.05, 0) is 5.04 Å². The summed E-state index contributed by atoms with van der Waals surface area (Å²) in [6.45, 7) is 28.9. The second-order valence-electron chi connectivity index (χ2n) is 8.49. The predicted octanol–water partition coefficient (Wildman–Crippen LogP) is 6.14. The standard InChI is InChI=1S/C12H33PSi3/c1-12(2,3)16(10,11)13(14(4,5)6)15(7,8)9/h1-11H3. The van der Waals surface area contributed by atoms with Crippen molar-refractivity contribution in [2.24, 2.45) is 0 Å². The minimum Gasteiger partial charge on any atom is -0.140 e. The van der Waals surface area contributed by atoms with Gasteiger partial charge in [-0.25, -0.2) is 0 Å². The van der Waals surface area contributed by atoms with Crippen molar-refractivity contribution in [1.82, 2.24) is 0 Å². The van der Waals surface area contributed by atoms with Crippen LogP contribution >= 0.6 is 6.57 Å². The Morgan fingerprint density at radius 3 is 0.938 bits per heavy atom. The van der Waals surface area contributed by atoms with Crippen LogP contribution in [0.15, 0.2) is 0 Å². The van der Waals surface area contributed by atoms with Crippen LogP contribution in [-0.4, -0.2) is 23.2 Å². The van der Waals surface area contributed by atoms with E-state index in [2.05, 4.69) is 73.1 Å². The van der Waals surface area contributed by atoms with E-state index in [1.165, 1.54) is 0 Å². The Kier molecular flexibility index (Phi) is 4.95. The molecule has 0 unspecified atom stereocenters. The van der Waals surface area contributed by atoms with Crippen LogP contribution in [0.4, 0.5) is 0 Å². The summed E-state index contributed by atoms with van der Waals surface area (Å²) in [4.78, 5) is 0. The van der Waals surface area contributed by atoms with Crippen molar-refractivity contribution in [1.29, 1.82) is 0 Å². The van der Waals surface area contributed by atoms with E-state index >= 15 is 0 Å². The Hall–Kier alpha value is 1.08. The largest absolute Gasteiger partial charge is 0.140 e. The maximum Gasteiger partial charge on any atom is 0.0724 e. The summed E-state index contributed by atoms with van der Waals surface area (Å²) in [6, 6.07) is 0. The normalized spacial score (nSPS) is 15.8. The summed E-state index contributed by atoms with van der Waals surface area (Å²) >= 11 is 0. The number of rotatable bonds is 3. The van der Waals surface area contributed by atoms with E-state index in [-0.39, 0.29) is 0 Å². The van der Waals surface area contributed by atoms with Crippen LogP contribution in [0, 0.1) is 0 Å². The number of hydrogen-bond acceptors (Lipinski definition) is 0. The van der Waals surface area contributed by atoms with Crippen molar-refractivity contribution in [3.8, 4) is 0 Å². The lowest BCUT2D eigenvalue weighted by atomic mass is 10.2. The van der Waals surface area contributed by atoms with Gasteiger partial charge in [0.15, 0.2) is 0 Å². The van der Waals surface area contributed by atoms with E-state index in [4.69, 9.17) is 0 Å².